The Morgan fingerprint density at radius 2 is 2.03 bits per heavy atom. The molecule has 31 heavy (non-hydrogen) atoms. The Kier molecular flexibility index (Phi) is 8.64. The molecule has 0 unspecified atom stereocenters. The minimum atomic E-state index is -0.338. The average molecular weight is 429 g/mol. The lowest BCUT2D eigenvalue weighted by Gasteiger charge is -2.30. The molecule has 0 amide bonds. The van der Waals surface area contributed by atoms with Gasteiger partial charge in [-0.05, 0) is 49.3 Å². The monoisotopic (exact) mass is 428 g/mol. The number of hydrogen-bond acceptors (Lipinski definition) is 4. The molecular formula is C24H33FN4O2. The van der Waals surface area contributed by atoms with Gasteiger partial charge in [0.2, 0.25) is 5.88 Å². The highest BCUT2D eigenvalue weighted by Crippen LogP contribution is 2.40. The Balaban J connectivity index is 1.47. The van der Waals surface area contributed by atoms with E-state index >= 15 is 0 Å². The molecule has 0 aliphatic heterocycles. The van der Waals surface area contributed by atoms with E-state index in [1.165, 1.54) is 37.8 Å². The van der Waals surface area contributed by atoms with Gasteiger partial charge in [0.15, 0.2) is 5.96 Å². The highest BCUT2D eigenvalue weighted by Gasteiger charge is 2.33. The van der Waals surface area contributed by atoms with Crippen LogP contribution in [0.25, 0.3) is 0 Å². The van der Waals surface area contributed by atoms with Crippen molar-refractivity contribution in [3.05, 3.63) is 54.0 Å². The molecule has 1 aliphatic carbocycles. The number of halogens is 1. The maximum Gasteiger partial charge on any atom is 0.219 e. The largest absolute Gasteiger partial charge is 0.439 e. The van der Waals surface area contributed by atoms with Crippen molar-refractivity contribution in [1.82, 2.24) is 15.6 Å². The van der Waals surface area contributed by atoms with Crippen LogP contribution in [0, 0.1) is 11.2 Å². The zero-order valence-electron chi connectivity index (χ0n) is 18.5. The van der Waals surface area contributed by atoms with E-state index in [-0.39, 0.29) is 5.82 Å². The van der Waals surface area contributed by atoms with Crippen molar-refractivity contribution in [2.24, 2.45) is 10.4 Å². The van der Waals surface area contributed by atoms with Gasteiger partial charge in [0.25, 0.3) is 0 Å². The normalized spacial score (nSPS) is 15.6. The van der Waals surface area contributed by atoms with Gasteiger partial charge in [-0.25, -0.2) is 9.37 Å². The molecule has 0 saturated heterocycles. The number of aromatic nitrogens is 1. The van der Waals surface area contributed by atoms with Crippen LogP contribution in [0.1, 0.15) is 44.6 Å². The van der Waals surface area contributed by atoms with Gasteiger partial charge in [0.1, 0.15) is 11.6 Å². The third-order valence-electron chi connectivity index (χ3n) is 5.78. The van der Waals surface area contributed by atoms with E-state index in [1.54, 1.807) is 31.4 Å². The molecule has 0 radical (unpaired) electrons. The summed E-state index contributed by atoms with van der Waals surface area (Å²) in [5.74, 6) is 1.29. The zero-order valence-corrected chi connectivity index (χ0v) is 18.5. The molecule has 1 fully saturated rings. The van der Waals surface area contributed by atoms with Crippen molar-refractivity contribution in [3.8, 4) is 11.6 Å². The lowest BCUT2D eigenvalue weighted by Crippen LogP contribution is -2.43. The van der Waals surface area contributed by atoms with E-state index in [0.717, 1.165) is 37.7 Å². The first-order chi connectivity index (χ1) is 15.1. The van der Waals surface area contributed by atoms with Gasteiger partial charge >= 0.3 is 0 Å². The van der Waals surface area contributed by atoms with Crippen LogP contribution in [-0.2, 0) is 11.3 Å². The van der Waals surface area contributed by atoms with E-state index in [2.05, 4.69) is 20.6 Å². The van der Waals surface area contributed by atoms with Gasteiger partial charge in [0, 0.05) is 51.7 Å². The fourth-order valence-electron chi connectivity index (χ4n) is 3.98. The molecule has 1 aliphatic rings. The van der Waals surface area contributed by atoms with Crippen LogP contribution in [0.4, 0.5) is 4.39 Å². The van der Waals surface area contributed by atoms with Gasteiger partial charge in [-0.2, -0.15) is 0 Å². The Morgan fingerprint density at radius 3 is 2.71 bits per heavy atom. The van der Waals surface area contributed by atoms with E-state index in [9.17, 15) is 4.39 Å². The third kappa shape index (κ3) is 7.21. The summed E-state index contributed by atoms with van der Waals surface area (Å²) in [6, 6.07) is 9.72. The predicted molar refractivity (Wildman–Crippen MR) is 121 cm³/mol. The number of nitrogens with one attached hydrogen (secondary N) is 2. The molecule has 6 nitrogen and oxygen atoms in total. The summed E-state index contributed by atoms with van der Waals surface area (Å²) in [6.45, 7) is 5.13. The summed E-state index contributed by atoms with van der Waals surface area (Å²) in [6.07, 6.45) is 7.88. The second kappa shape index (κ2) is 11.6. The summed E-state index contributed by atoms with van der Waals surface area (Å²) < 4.78 is 24.5. The summed E-state index contributed by atoms with van der Waals surface area (Å²) in [7, 11) is 1.78. The lowest BCUT2D eigenvalue weighted by atomic mass is 9.83. The van der Waals surface area contributed by atoms with Crippen LogP contribution < -0.4 is 15.4 Å². The van der Waals surface area contributed by atoms with Crippen LogP contribution in [-0.4, -0.2) is 37.7 Å². The van der Waals surface area contributed by atoms with Crippen LogP contribution in [0.5, 0.6) is 11.6 Å². The van der Waals surface area contributed by atoms with Crippen molar-refractivity contribution in [3.63, 3.8) is 0 Å². The minimum absolute atomic E-state index is 0.296. The SMILES string of the molecule is CCOCCC1(CNC(=NC)NCc2ccc(Oc3cccc(F)c3)nc2)CCCC1. The molecule has 3 rings (SSSR count). The molecule has 2 N–H and O–H groups in total. The van der Waals surface area contributed by atoms with E-state index in [0.29, 0.717) is 23.6 Å². The summed E-state index contributed by atoms with van der Waals surface area (Å²) in [5.41, 5.74) is 1.30. The third-order valence-corrected chi connectivity index (χ3v) is 5.78. The quantitative estimate of drug-likeness (QED) is 0.327. The molecule has 2 aromatic rings. The van der Waals surface area contributed by atoms with Crippen LogP contribution in [0.3, 0.4) is 0 Å². The first-order valence-electron chi connectivity index (χ1n) is 11.0. The van der Waals surface area contributed by atoms with Gasteiger partial charge in [-0.3, -0.25) is 4.99 Å². The molecule has 0 spiro atoms. The van der Waals surface area contributed by atoms with Crippen molar-refractivity contribution < 1.29 is 13.9 Å². The number of benzene rings is 1. The highest BCUT2D eigenvalue weighted by atomic mass is 19.1. The number of rotatable bonds is 10. The topological polar surface area (TPSA) is 67.8 Å². The van der Waals surface area contributed by atoms with Gasteiger partial charge in [-0.15, -0.1) is 0 Å². The van der Waals surface area contributed by atoms with Crippen molar-refractivity contribution in [2.45, 2.75) is 45.6 Å². The second-order valence-electron chi connectivity index (χ2n) is 8.00. The first kappa shape index (κ1) is 23.0. The number of ether oxygens (including phenoxy) is 2. The summed E-state index contributed by atoms with van der Waals surface area (Å²) in [4.78, 5) is 8.67. The molecular weight excluding hydrogens is 395 g/mol. The highest BCUT2D eigenvalue weighted by molar-refractivity contribution is 5.79. The lowest BCUT2D eigenvalue weighted by molar-refractivity contribution is 0.105. The Bertz CT molecular complexity index is 836. The standard InChI is InChI=1S/C24H33FN4O2/c1-3-30-14-13-24(11-4-5-12-24)18-29-23(26-2)28-17-19-9-10-22(27-16-19)31-21-8-6-7-20(25)15-21/h6-10,15-16H,3-5,11-14,17-18H2,1-2H3,(H2,26,28,29). The number of hydrogen-bond donors (Lipinski definition) is 2. The number of guanidine groups is 1. The van der Waals surface area contributed by atoms with Crippen LogP contribution >= 0.6 is 0 Å². The summed E-state index contributed by atoms with van der Waals surface area (Å²) in [5, 5.41) is 6.85. The smallest absolute Gasteiger partial charge is 0.219 e. The van der Waals surface area contributed by atoms with Gasteiger partial charge < -0.3 is 20.1 Å². The first-order valence-corrected chi connectivity index (χ1v) is 11.0. The number of pyridine rings is 1. The Hall–Kier alpha value is -2.67. The van der Waals surface area contributed by atoms with Gasteiger partial charge in [-0.1, -0.05) is 25.0 Å². The molecule has 1 heterocycles. The van der Waals surface area contributed by atoms with Crippen LogP contribution in [0.15, 0.2) is 47.6 Å². The maximum atomic E-state index is 13.3. The molecule has 1 aromatic heterocycles. The average Bonchev–Trinajstić information content (AvgIpc) is 3.24. The molecule has 168 valence electrons. The number of nitrogens with zero attached hydrogens (tertiary/aromatic N) is 2. The molecule has 1 saturated carbocycles. The Labute approximate surface area is 184 Å². The molecule has 0 bridgehead atoms. The predicted octanol–water partition coefficient (Wildman–Crippen LogP) is 4.67. The van der Waals surface area contributed by atoms with E-state index in [4.69, 9.17) is 9.47 Å². The Morgan fingerprint density at radius 1 is 1.19 bits per heavy atom. The van der Waals surface area contributed by atoms with Crippen molar-refractivity contribution in [2.75, 3.05) is 26.8 Å². The van der Waals surface area contributed by atoms with E-state index in [1.807, 2.05) is 13.0 Å². The summed E-state index contributed by atoms with van der Waals surface area (Å²) >= 11 is 0. The zero-order chi connectivity index (χ0) is 21.9. The maximum absolute atomic E-state index is 13.3. The van der Waals surface area contributed by atoms with Gasteiger partial charge in [0.05, 0.1) is 0 Å². The van der Waals surface area contributed by atoms with Crippen molar-refractivity contribution in [1.29, 1.82) is 0 Å². The number of aliphatic imine (C=N–C) groups is 1. The minimum Gasteiger partial charge on any atom is -0.439 e. The van der Waals surface area contributed by atoms with Crippen molar-refractivity contribution >= 4 is 5.96 Å². The fraction of sp³-hybridized carbons (Fsp3) is 0.500. The molecule has 1 aromatic carbocycles. The van der Waals surface area contributed by atoms with E-state index < -0.39 is 0 Å². The molecule has 7 heteroatoms. The molecule has 0 atom stereocenters. The second-order valence-corrected chi connectivity index (χ2v) is 8.00. The fourth-order valence-corrected chi connectivity index (χ4v) is 3.98. The van der Waals surface area contributed by atoms with Crippen LogP contribution in [0.2, 0.25) is 0 Å².